The molecule has 0 N–H and O–H groups in total. The van der Waals surface area contributed by atoms with E-state index >= 15 is 0 Å². The summed E-state index contributed by atoms with van der Waals surface area (Å²) in [4.78, 5) is 18.4. The molecule has 1 aromatic heterocycles. The number of halogens is 2. The molecular formula is C14H14FIN2OS. The summed E-state index contributed by atoms with van der Waals surface area (Å²) in [6, 6.07) is 4.19. The van der Waals surface area contributed by atoms with Crippen LogP contribution in [0.3, 0.4) is 0 Å². The van der Waals surface area contributed by atoms with Crippen LogP contribution >= 0.6 is 33.9 Å². The van der Waals surface area contributed by atoms with Gasteiger partial charge in [-0.2, -0.15) is 0 Å². The van der Waals surface area contributed by atoms with Crippen molar-refractivity contribution in [1.29, 1.82) is 0 Å². The van der Waals surface area contributed by atoms with Gasteiger partial charge in [0.1, 0.15) is 5.82 Å². The van der Waals surface area contributed by atoms with E-state index in [4.69, 9.17) is 0 Å². The number of rotatable bonds is 4. The predicted molar refractivity (Wildman–Crippen MR) is 86.4 cm³/mol. The van der Waals surface area contributed by atoms with Gasteiger partial charge in [-0.25, -0.2) is 9.37 Å². The molecule has 1 aromatic carbocycles. The minimum atomic E-state index is -0.333. The van der Waals surface area contributed by atoms with E-state index < -0.39 is 0 Å². The number of hydrogen-bond acceptors (Lipinski definition) is 3. The number of nitrogens with zero attached hydrogens (tertiary/aromatic N) is 2. The zero-order chi connectivity index (χ0) is 14.7. The average molecular weight is 404 g/mol. The van der Waals surface area contributed by atoms with Crippen molar-refractivity contribution >= 4 is 39.8 Å². The van der Waals surface area contributed by atoms with E-state index in [0.29, 0.717) is 15.7 Å². The Morgan fingerprint density at radius 3 is 2.85 bits per heavy atom. The van der Waals surface area contributed by atoms with Crippen LogP contribution in [0.2, 0.25) is 0 Å². The molecule has 1 heterocycles. The maximum absolute atomic E-state index is 13.1. The van der Waals surface area contributed by atoms with Crippen LogP contribution in [-0.4, -0.2) is 22.8 Å². The van der Waals surface area contributed by atoms with Gasteiger partial charge in [0.15, 0.2) is 0 Å². The third kappa shape index (κ3) is 3.54. The first kappa shape index (κ1) is 15.4. The molecule has 2 rings (SSSR count). The van der Waals surface area contributed by atoms with E-state index in [1.807, 2.05) is 28.0 Å². The molecule has 6 heteroatoms. The summed E-state index contributed by atoms with van der Waals surface area (Å²) in [5, 5.41) is 3.04. The Morgan fingerprint density at radius 1 is 1.50 bits per heavy atom. The van der Waals surface area contributed by atoms with E-state index in [1.165, 1.54) is 18.2 Å². The molecule has 106 valence electrons. The summed E-state index contributed by atoms with van der Waals surface area (Å²) in [7, 11) is 1.73. The van der Waals surface area contributed by atoms with E-state index in [1.54, 1.807) is 23.3 Å². The highest BCUT2D eigenvalue weighted by Gasteiger charge is 2.16. The maximum atomic E-state index is 13.1. The zero-order valence-electron chi connectivity index (χ0n) is 11.2. The smallest absolute Gasteiger partial charge is 0.255 e. The Labute approximate surface area is 135 Å². The molecule has 0 atom stereocenters. The Kier molecular flexibility index (Phi) is 5.09. The summed E-state index contributed by atoms with van der Waals surface area (Å²) >= 11 is 3.58. The van der Waals surface area contributed by atoms with Crippen LogP contribution in [0.1, 0.15) is 28.0 Å². The molecule has 3 nitrogen and oxygen atoms in total. The Morgan fingerprint density at radius 2 is 2.25 bits per heavy atom. The summed E-state index contributed by atoms with van der Waals surface area (Å²) in [5.41, 5.74) is 1.40. The molecule has 0 aliphatic heterocycles. The van der Waals surface area contributed by atoms with Gasteiger partial charge in [0, 0.05) is 16.0 Å². The minimum absolute atomic E-state index is 0.125. The highest BCUT2D eigenvalue weighted by atomic mass is 127. The Bertz CT molecular complexity index is 629. The van der Waals surface area contributed by atoms with Crippen molar-refractivity contribution < 1.29 is 9.18 Å². The number of hydrogen-bond donors (Lipinski definition) is 0. The molecule has 0 bridgehead atoms. The van der Waals surface area contributed by atoms with Crippen molar-refractivity contribution in [3.05, 3.63) is 49.2 Å². The zero-order valence-corrected chi connectivity index (χ0v) is 14.2. The maximum Gasteiger partial charge on any atom is 0.255 e. The van der Waals surface area contributed by atoms with Crippen LogP contribution in [0, 0.1) is 9.39 Å². The second-order valence-electron chi connectivity index (χ2n) is 4.37. The van der Waals surface area contributed by atoms with Crippen LogP contribution < -0.4 is 0 Å². The molecule has 2 aromatic rings. The Balaban J connectivity index is 2.12. The van der Waals surface area contributed by atoms with Gasteiger partial charge < -0.3 is 4.90 Å². The molecule has 0 saturated heterocycles. The van der Waals surface area contributed by atoms with E-state index in [2.05, 4.69) is 11.9 Å². The monoisotopic (exact) mass is 404 g/mol. The van der Waals surface area contributed by atoms with Gasteiger partial charge in [-0.3, -0.25) is 4.79 Å². The normalized spacial score (nSPS) is 10.6. The van der Waals surface area contributed by atoms with Gasteiger partial charge in [-0.15, -0.1) is 11.3 Å². The van der Waals surface area contributed by atoms with E-state index in [-0.39, 0.29) is 11.7 Å². The van der Waals surface area contributed by atoms with Crippen LogP contribution in [0.15, 0.2) is 23.6 Å². The summed E-state index contributed by atoms with van der Waals surface area (Å²) in [6.07, 6.45) is 0.901. The lowest BCUT2D eigenvalue weighted by Gasteiger charge is -2.16. The molecule has 0 radical (unpaired) electrons. The van der Waals surface area contributed by atoms with Gasteiger partial charge in [-0.05, 0) is 47.2 Å². The first-order chi connectivity index (χ1) is 9.51. The lowest BCUT2D eigenvalue weighted by Crippen LogP contribution is -2.27. The highest BCUT2D eigenvalue weighted by Crippen LogP contribution is 2.17. The average Bonchev–Trinajstić information content (AvgIpc) is 2.85. The SMILES string of the molecule is CCc1nc(CN(C)C(=O)c2ccc(F)cc2I)cs1. The first-order valence-corrected chi connectivity index (χ1v) is 8.11. The summed E-state index contributed by atoms with van der Waals surface area (Å²) < 4.78 is 13.7. The topological polar surface area (TPSA) is 33.2 Å². The molecule has 0 fully saturated rings. The fourth-order valence-corrected chi connectivity index (χ4v) is 3.21. The van der Waals surface area contributed by atoms with Gasteiger partial charge >= 0.3 is 0 Å². The third-order valence-electron chi connectivity index (χ3n) is 2.81. The number of amides is 1. The standard InChI is InChI=1S/C14H14FIN2OS/c1-3-13-17-10(8-20-13)7-18(2)14(19)11-5-4-9(15)6-12(11)16/h4-6,8H,3,7H2,1-2H3. The largest absolute Gasteiger partial charge is 0.336 e. The molecule has 0 aliphatic rings. The molecular weight excluding hydrogens is 390 g/mol. The van der Waals surface area contributed by atoms with Crippen molar-refractivity contribution in [1.82, 2.24) is 9.88 Å². The molecule has 0 aliphatic carbocycles. The fourth-order valence-electron chi connectivity index (χ4n) is 1.77. The van der Waals surface area contributed by atoms with Crippen molar-refractivity contribution in [3.63, 3.8) is 0 Å². The van der Waals surface area contributed by atoms with Gasteiger partial charge in [-0.1, -0.05) is 6.92 Å². The second-order valence-corrected chi connectivity index (χ2v) is 6.48. The number of aromatic nitrogens is 1. The first-order valence-electron chi connectivity index (χ1n) is 6.15. The number of carbonyl (C=O) groups is 1. The van der Waals surface area contributed by atoms with Crippen molar-refractivity contribution in [3.8, 4) is 0 Å². The van der Waals surface area contributed by atoms with Crippen molar-refractivity contribution in [2.75, 3.05) is 7.05 Å². The third-order valence-corrected chi connectivity index (χ3v) is 4.74. The van der Waals surface area contributed by atoms with E-state index in [9.17, 15) is 9.18 Å². The summed E-state index contributed by atoms with van der Waals surface area (Å²) in [6.45, 7) is 2.52. The quantitative estimate of drug-likeness (QED) is 0.728. The Hall–Kier alpha value is -1.02. The summed E-state index contributed by atoms with van der Waals surface area (Å²) in [5.74, 6) is -0.457. The highest BCUT2D eigenvalue weighted by molar-refractivity contribution is 14.1. The van der Waals surface area contributed by atoms with E-state index in [0.717, 1.165) is 17.1 Å². The fraction of sp³-hybridized carbons (Fsp3) is 0.286. The number of benzene rings is 1. The lowest BCUT2D eigenvalue weighted by molar-refractivity contribution is 0.0782. The van der Waals surface area contributed by atoms with Gasteiger partial charge in [0.05, 0.1) is 22.8 Å². The predicted octanol–water partition coefficient (Wildman–Crippen LogP) is 3.72. The van der Waals surface area contributed by atoms with Crippen molar-refractivity contribution in [2.24, 2.45) is 0 Å². The van der Waals surface area contributed by atoms with Gasteiger partial charge in [0.25, 0.3) is 5.91 Å². The van der Waals surface area contributed by atoms with Crippen LogP contribution in [0.25, 0.3) is 0 Å². The molecule has 20 heavy (non-hydrogen) atoms. The van der Waals surface area contributed by atoms with Crippen LogP contribution in [0.4, 0.5) is 4.39 Å². The number of thiazole rings is 1. The van der Waals surface area contributed by atoms with Gasteiger partial charge in [0.2, 0.25) is 0 Å². The van der Waals surface area contributed by atoms with Crippen LogP contribution in [-0.2, 0) is 13.0 Å². The molecule has 0 spiro atoms. The molecule has 0 unspecified atom stereocenters. The van der Waals surface area contributed by atoms with Crippen molar-refractivity contribution in [2.45, 2.75) is 19.9 Å². The second kappa shape index (κ2) is 6.62. The van der Waals surface area contributed by atoms with Crippen LogP contribution in [0.5, 0.6) is 0 Å². The minimum Gasteiger partial charge on any atom is -0.336 e. The lowest BCUT2D eigenvalue weighted by atomic mass is 10.2. The molecule has 0 saturated carbocycles. The number of aryl methyl sites for hydroxylation is 1. The number of carbonyl (C=O) groups excluding carboxylic acids is 1. The molecule has 1 amide bonds.